The van der Waals surface area contributed by atoms with E-state index in [0.717, 1.165) is 36.8 Å². The fourth-order valence-electron chi connectivity index (χ4n) is 4.77. The summed E-state index contributed by atoms with van der Waals surface area (Å²) in [5.41, 5.74) is 1.79. The van der Waals surface area contributed by atoms with Crippen molar-refractivity contribution < 1.29 is 14.4 Å². The SMILES string of the molecule is CC(=O)N(CC[C@H]1CC[C@@H](C)N1C)C(C)(C)CC=O.O=CNC(c1ccccc1)c1ccccc1. The Morgan fingerprint density at radius 3 is 2.00 bits per heavy atom. The Balaban J connectivity index is 0.000000250. The molecule has 1 aliphatic heterocycles. The number of carbonyl (C=O) groups is 3. The van der Waals surface area contributed by atoms with Gasteiger partial charge in [0.25, 0.3) is 0 Å². The maximum absolute atomic E-state index is 11.8. The van der Waals surface area contributed by atoms with Crippen LogP contribution in [0.4, 0.5) is 0 Å². The standard InChI is InChI=1S/C15H28N2O2.C14H13NO/c1-12-6-7-14(16(12)5)8-10-17(13(2)19)15(3,4)9-11-18;16-11-15-14(12-7-3-1-4-8-12)13-9-5-2-6-10-13/h11-12,14H,6-10H2,1-5H3;1-11,14H,(H,15,16)/t12-,14-;/m1./s1. The van der Waals surface area contributed by atoms with Crippen molar-refractivity contribution in [2.45, 2.75) is 77.0 Å². The van der Waals surface area contributed by atoms with E-state index >= 15 is 0 Å². The normalized spacial score (nSPS) is 17.9. The molecule has 3 rings (SSSR count). The molecule has 0 aromatic heterocycles. The van der Waals surface area contributed by atoms with Crippen molar-refractivity contribution in [2.24, 2.45) is 0 Å². The first-order valence-electron chi connectivity index (χ1n) is 12.4. The molecule has 0 spiro atoms. The summed E-state index contributed by atoms with van der Waals surface area (Å²) in [5, 5.41) is 2.83. The summed E-state index contributed by atoms with van der Waals surface area (Å²) in [4.78, 5) is 37.5. The van der Waals surface area contributed by atoms with E-state index in [4.69, 9.17) is 0 Å². The number of nitrogens with zero attached hydrogens (tertiary/aromatic N) is 2. The van der Waals surface area contributed by atoms with E-state index in [9.17, 15) is 14.4 Å². The van der Waals surface area contributed by atoms with Gasteiger partial charge in [0, 0.05) is 37.5 Å². The van der Waals surface area contributed by atoms with Gasteiger partial charge in [-0.1, -0.05) is 60.7 Å². The van der Waals surface area contributed by atoms with Gasteiger partial charge in [-0.15, -0.1) is 0 Å². The van der Waals surface area contributed by atoms with Gasteiger partial charge in [-0.25, -0.2) is 0 Å². The molecule has 6 nitrogen and oxygen atoms in total. The Morgan fingerprint density at radius 1 is 1.06 bits per heavy atom. The molecule has 190 valence electrons. The molecule has 0 radical (unpaired) electrons. The molecule has 0 aliphatic carbocycles. The van der Waals surface area contributed by atoms with Gasteiger partial charge in [0.1, 0.15) is 6.29 Å². The lowest BCUT2D eigenvalue weighted by Crippen LogP contribution is -2.48. The number of carbonyl (C=O) groups excluding carboxylic acids is 3. The fourth-order valence-corrected chi connectivity index (χ4v) is 4.77. The molecule has 2 atom stereocenters. The summed E-state index contributed by atoms with van der Waals surface area (Å²) in [5.74, 6) is 0.0561. The number of benzene rings is 2. The molecule has 1 fully saturated rings. The van der Waals surface area contributed by atoms with Gasteiger partial charge in [0.15, 0.2) is 0 Å². The van der Waals surface area contributed by atoms with Crippen LogP contribution in [0.2, 0.25) is 0 Å². The third-order valence-electron chi connectivity index (χ3n) is 7.07. The van der Waals surface area contributed by atoms with Crippen LogP contribution in [0, 0.1) is 0 Å². The second kappa shape index (κ2) is 13.8. The fraction of sp³-hybridized carbons (Fsp3) is 0.483. The predicted molar refractivity (Wildman–Crippen MR) is 141 cm³/mol. The predicted octanol–water partition coefficient (Wildman–Crippen LogP) is 4.60. The van der Waals surface area contributed by atoms with Crippen molar-refractivity contribution in [1.82, 2.24) is 15.1 Å². The Hall–Kier alpha value is -2.99. The Morgan fingerprint density at radius 2 is 1.60 bits per heavy atom. The summed E-state index contributed by atoms with van der Waals surface area (Å²) >= 11 is 0. The topological polar surface area (TPSA) is 69.7 Å². The van der Waals surface area contributed by atoms with Gasteiger partial charge in [-0.2, -0.15) is 0 Å². The van der Waals surface area contributed by atoms with Crippen LogP contribution in [0.3, 0.4) is 0 Å². The number of likely N-dealkylation sites (tertiary alicyclic amines) is 1. The number of aldehydes is 1. The minimum absolute atomic E-state index is 0.0561. The molecule has 2 amide bonds. The van der Waals surface area contributed by atoms with Gasteiger partial charge in [0.05, 0.1) is 6.04 Å². The van der Waals surface area contributed by atoms with Crippen LogP contribution in [0.25, 0.3) is 0 Å². The minimum Gasteiger partial charge on any atom is -0.348 e. The highest BCUT2D eigenvalue weighted by atomic mass is 16.2. The average Bonchev–Trinajstić information content (AvgIpc) is 3.16. The van der Waals surface area contributed by atoms with Crippen molar-refractivity contribution in [3.05, 3.63) is 71.8 Å². The number of hydrogen-bond acceptors (Lipinski definition) is 4. The molecule has 35 heavy (non-hydrogen) atoms. The second-order valence-electron chi connectivity index (χ2n) is 9.93. The van der Waals surface area contributed by atoms with Gasteiger partial charge in [-0.05, 0) is 58.2 Å². The molecule has 1 aliphatic rings. The van der Waals surface area contributed by atoms with Crippen molar-refractivity contribution >= 4 is 18.6 Å². The molecule has 1 heterocycles. The van der Waals surface area contributed by atoms with Crippen molar-refractivity contribution in [3.63, 3.8) is 0 Å². The first kappa shape index (κ1) is 28.2. The maximum atomic E-state index is 11.8. The first-order valence-corrected chi connectivity index (χ1v) is 12.4. The molecule has 2 aromatic carbocycles. The van der Waals surface area contributed by atoms with E-state index < -0.39 is 0 Å². The van der Waals surface area contributed by atoms with Crippen molar-refractivity contribution in [3.8, 4) is 0 Å². The summed E-state index contributed by atoms with van der Waals surface area (Å²) in [6.07, 6.45) is 5.47. The Kier molecular flexibility index (Phi) is 11.1. The average molecular weight is 480 g/mol. The smallest absolute Gasteiger partial charge is 0.219 e. The van der Waals surface area contributed by atoms with E-state index in [0.29, 0.717) is 18.5 Å². The van der Waals surface area contributed by atoms with Crippen LogP contribution in [-0.2, 0) is 14.4 Å². The van der Waals surface area contributed by atoms with Crippen molar-refractivity contribution in [1.29, 1.82) is 0 Å². The quantitative estimate of drug-likeness (QED) is 0.506. The maximum Gasteiger partial charge on any atom is 0.219 e. The molecular formula is C29H41N3O3. The van der Waals surface area contributed by atoms with E-state index in [2.05, 4.69) is 24.2 Å². The highest BCUT2D eigenvalue weighted by Gasteiger charge is 2.32. The summed E-state index contributed by atoms with van der Waals surface area (Å²) < 4.78 is 0. The summed E-state index contributed by atoms with van der Waals surface area (Å²) in [6.45, 7) is 8.50. The Bertz CT molecular complexity index is 878. The summed E-state index contributed by atoms with van der Waals surface area (Å²) in [6, 6.07) is 21.0. The lowest BCUT2D eigenvalue weighted by Gasteiger charge is -2.38. The minimum atomic E-state index is -0.379. The molecule has 1 N–H and O–H groups in total. The van der Waals surface area contributed by atoms with E-state index in [1.54, 1.807) is 6.92 Å². The van der Waals surface area contributed by atoms with Crippen LogP contribution >= 0.6 is 0 Å². The van der Waals surface area contributed by atoms with Crippen LogP contribution in [0.15, 0.2) is 60.7 Å². The first-order chi connectivity index (χ1) is 16.7. The molecule has 6 heteroatoms. The number of amides is 2. The Labute approximate surface area is 210 Å². The zero-order chi connectivity index (χ0) is 25.8. The molecule has 1 saturated heterocycles. The molecule has 0 saturated carbocycles. The van der Waals surface area contributed by atoms with Crippen LogP contribution in [0.1, 0.15) is 70.5 Å². The van der Waals surface area contributed by atoms with E-state index in [1.165, 1.54) is 12.8 Å². The van der Waals surface area contributed by atoms with E-state index in [-0.39, 0.29) is 17.5 Å². The number of hydrogen-bond donors (Lipinski definition) is 1. The van der Waals surface area contributed by atoms with Gasteiger partial charge < -0.3 is 19.9 Å². The zero-order valence-electron chi connectivity index (χ0n) is 21.8. The molecule has 0 bridgehead atoms. The molecule has 2 aromatic rings. The summed E-state index contributed by atoms with van der Waals surface area (Å²) in [7, 11) is 2.16. The number of rotatable bonds is 10. The monoisotopic (exact) mass is 479 g/mol. The van der Waals surface area contributed by atoms with Crippen LogP contribution in [0.5, 0.6) is 0 Å². The van der Waals surface area contributed by atoms with Crippen LogP contribution < -0.4 is 5.32 Å². The lowest BCUT2D eigenvalue weighted by atomic mass is 9.97. The van der Waals surface area contributed by atoms with Gasteiger partial charge >= 0.3 is 0 Å². The van der Waals surface area contributed by atoms with Crippen molar-refractivity contribution in [2.75, 3.05) is 13.6 Å². The zero-order valence-corrected chi connectivity index (χ0v) is 21.8. The molecule has 0 unspecified atom stereocenters. The highest BCUT2D eigenvalue weighted by molar-refractivity contribution is 5.74. The van der Waals surface area contributed by atoms with Gasteiger partial charge in [-0.3, -0.25) is 9.59 Å². The largest absolute Gasteiger partial charge is 0.348 e. The third-order valence-corrected chi connectivity index (χ3v) is 7.07. The third kappa shape index (κ3) is 8.32. The molecular weight excluding hydrogens is 438 g/mol. The highest BCUT2D eigenvalue weighted by Crippen LogP contribution is 2.26. The van der Waals surface area contributed by atoms with Crippen LogP contribution in [-0.4, -0.2) is 59.6 Å². The van der Waals surface area contributed by atoms with Gasteiger partial charge in [0.2, 0.25) is 12.3 Å². The number of nitrogens with one attached hydrogen (secondary N) is 1. The second-order valence-corrected chi connectivity index (χ2v) is 9.93. The van der Waals surface area contributed by atoms with E-state index in [1.807, 2.05) is 79.4 Å². The lowest BCUT2D eigenvalue weighted by molar-refractivity contribution is -0.135.